The van der Waals surface area contributed by atoms with Crippen molar-refractivity contribution < 1.29 is 9.32 Å². The summed E-state index contributed by atoms with van der Waals surface area (Å²) in [6.45, 7) is 0. The molecule has 17 heavy (non-hydrogen) atoms. The first kappa shape index (κ1) is 11.4. The van der Waals surface area contributed by atoms with Crippen molar-refractivity contribution in [1.82, 2.24) is 5.16 Å². The van der Waals surface area contributed by atoms with Gasteiger partial charge >= 0.3 is 0 Å². The second-order valence-electron chi connectivity index (χ2n) is 3.93. The Morgan fingerprint density at radius 1 is 1.24 bits per heavy atom. The first-order chi connectivity index (χ1) is 8.25. The Labute approximate surface area is 99.4 Å². The van der Waals surface area contributed by atoms with Crippen molar-refractivity contribution >= 4 is 5.91 Å². The summed E-state index contributed by atoms with van der Waals surface area (Å²) in [5, 5.41) is 3.66. The van der Waals surface area contributed by atoms with Crippen LogP contribution in [-0.4, -0.2) is 11.1 Å². The molecule has 1 amide bonds. The van der Waals surface area contributed by atoms with Gasteiger partial charge in [-0.1, -0.05) is 29.4 Å². The Kier molecular flexibility index (Phi) is 3.55. The molecule has 0 saturated carbocycles. The third-order valence-corrected chi connectivity index (χ3v) is 2.61. The van der Waals surface area contributed by atoms with Crippen molar-refractivity contribution in [1.29, 1.82) is 0 Å². The number of nitrogens with zero attached hydrogens (tertiary/aromatic N) is 1. The van der Waals surface area contributed by atoms with Gasteiger partial charge in [0.05, 0.1) is 6.20 Å². The molecule has 0 bridgehead atoms. The van der Waals surface area contributed by atoms with E-state index in [1.807, 2.05) is 24.3 Å². The van der Waals surface area contributed by atoms with Gasteiger partial charge in [0.2, 0.25) is 5.91 Å². The predicted octanol–water partition coefficient (Wildman–Crippen LogP) is 2.15. The summed E-state index contributed by atoms with van der Waals surface area (Å²) in [5.41, 5.74) is 8.33. The predicted molar refractivity (Wildman–Crippen MR) is 64.1 cm³/mol. The van der Waals surface area contributed by atoms with Crippen LogP contribution >= 0.6 is 0 Å². The molecule has 0 aliphatic rings. The van der Waals surface area contributed by atoms with Crippen LogP contribution in [0.3, 0.4) is 0 Å². The molecule has 0 saturated heterocycles. The third kappa shape index (κ3) is 3.17. The van der Waals surface area contributed by atoms with Crippen LogP contribution in [0.2, 0.25) is 0 Å². The van der Waals surface area contributed by atoms with Crippen LogP contribution in [0.5, 0.6) is 0 Å². The summed E-state index contributed by atoms with van der Waals surface area (Å²) in [6.07, 6.45) is 5.40. The maximum Gasteiger partial charge on any atom is 0.217 e. The number of amides is 1. The number of aromatic nitrogens is 1. The largest absolute Gasteiger partial charge is 0.370 e. The number of rotatable bonds is 5. The van der Waals surface area contributed by atoms with Gasteiger partial charge in [-0.15, -0.1) is 0 Å². The molecule has 2 N–H and O–H groups in total. The minimum Gasteiger partial charge on any atom is -0.370 e. The lowest BCUT2D eigenvalue weighted by Gasteiger charge is -2.01. The summed E-state index contributed by atoms with van der Waals surface area (Å²) in [5.74, 6) is -0.244. The van der Waals surface area contributed by atoms with Gasteiger partial charge in [0.15, 0.2) is 0 Å². The van der Waals surface area contributed by atoms with E-state index < -0.39 is 0 Å². The van der Waals surface area contributed by atoms with E-state index in [2.05, 4.69) is 5.16 Å². The smallest absolute Gasteiger partial charge is 0.217 e. The molecular formula is C13H14N2O2. The summed E-state index contributed by atoms with van der Waals surface area (Å²) < 4.78 is 4.79. The topological polar surface area (TPSA) is 69.1 Å². The monoisotopic (exact) mass is 230 g/mol. The molecule has 4 heteroatoms. The van der Waals surface area contributed by atoms with Gasteiger partial charge < -0.3 is 10.3 Å². The van der Waals surface area contributed by atoms with Crippen LogP contribution in [-0.2, 0) is 11.2 Å². The number of carbonyl (C=O) groups excluding carboxylic acids is 1. The number of carbonyl (C=O) groups is 1. The Balaban J connectivity index is 1.96. The molecule has 0 aliphatic carbocycles. The van der Waals surface area contributed by atoms with Crippen molar-refractivity contribution in [2.24, 2.45) is 5.73 Å². The van der Waals surface area contributed by atoms with Gasteiger partial charge in [-0.25, -0.2) is 0 Å². The van der Waals surface area contributed by atoms with E-state index in [9.17, 15) is 4.79 Å². The molecule has 1 aromatic carbocycles. The van der Waals surface area contributed by atoms with Gasteiger partial charge in [0, 0.05) is 12.0 Å². The second kappa shape index (κ2) is 5.30. The van der Waals surface area contributed by atoms with E-state index in [-0.39, 0.29) is 5.91 Å². The van der Waals surface area contributed by atoms with Crippen LogP contribution in [0.25, 0.3) is 11.1 Å². The Morgan fingerprint density at radius 3 is 2.59 bits per heavy atom. The van der Waals surface area contributed by atoms with Gasteiger partial charge in [0.25, 0.3) is 0 Å². The molecule has 0 aliphatic heterocycles. The molecular weight excluding hydrogens is 216 g/mol. The van der Waals surface area contributed by atoms with E-state index in [4.69, 9.17) is 10.3 Å². The summed E-state index contributed by atoms with van der Waals surface area (Å²) in [7, 11) is 0. The fourth-order valence-corrected chi connectivity index (χ4v) is 1.68. The summed E-state index contributed by atoms with van der Waals surface area (Å²) in [6, 6.07) is 8.13. The Morgan fingerprint density at radius 2 is 2.00 bits per heavy atom. The molecule has 88 valence electrons. The molecule has 0 spiro atoms. The molecule has 2 aromatic rings. The zero-order valence-electron chi connectivity index (χ0n) is 9.43. The number of hydrogen-bond donors (Lipinski definition) is 1. The first-order valence-corrected chi connectivity index (χ1v) is 5.53. The Hall–Kier alpha value is -2.10. The minimum absolute atomic E-state index is 0.244. The van der Waals surface area contributed by atoms with Crippen LogP contribution in [0.15, 0.2) is 41.2 Å². The normalized spacial score (nSPS) is 10.4. The van der Waals surface area contributed by atoms with Crippen molar-refractivity contribution in [2.45, 2.75) is 19.3 Å². The lowest BCUT2D eigenvalue weighted by atomic mass is 10.0. The average molecular weight is 230 g/mol. The second-order valence-corrected chi connectivity index (χ2v) is 3.93. The third-order valence-electron chi connectivity index (χ3n) is 2.61. The van der Waals surface area contributed by atoms with Crippen molar-refractivity contribution in [3.05, 3.63) is 42.3 Å². The fraction of sp³-hybridized carbons (Fsp3) is 0.231. The van der Waals surface area contributed by atoms with Gasteiger partial charge in [-0.3, -0.25) is 4.79 Å². The van der Waals surface area contributed by atoms with Crippen molar-refractivity contribution in [2.75, 3.05) is 0 Å². The molecule has 0 unspecified atom stereocenters. The Bertz CT molecular complexity index is 475. The van der Waals surface area contributed by atoms with Gasteiger partial charge in [-0.2, -0.15) is 0 Å². The van der Waals surface area contributed by atoms with E-state index >= 15 is 0 Å². The minimum atomic E-state index is -0.244. The lowest BCUT2D eigenvalue weighted by molar-refractivity contribution is -0.118. The molecule has 1 aromatic heterocycles. The molecule has 0 atom stereocenters. The number of benzene rings is 1. The average Bonchev–Trinajstić information content (AvgIpc) is 2.83. The standard InChI is InChI=1S/C13H14N2O2/c14-13(16)3-1-2-10-4-6-11(7-5-10)12-8-15-17-9-12/h4-9H,1-3H2,(H2,14,16). The molecule has 2 rings (SSSR count). The van der Waals surface area contributed by atoms with Crippen LogP contribution in [0.4, 0.5) is 0 Å². The van der Waals surface area contributed by atoms with E-state index in [0.717, 1.165) is 24.0 Å². The summed E-state index contributed by atoms with van der Waals surface area (Å²) in [4.78, 5) is 10.6. The molecule has 4 nitrogen and oxygen atoms in total. The quantitative estimate of drug-likeness (QED) is 0.855. The number of primary amides is 1. The maximum absolute atomic E-state index is 10.6. The summed E-state index contributed by atoms with van der Waals surface area (Å²) >= 11 is 0. The number of nitrogens with two attached hydrogens (primary N) is 1. The number of hydrogen-bond acceptors (Lipinski definition) is 3. The highest BCUT2D eigenvalue weighted by atomic mass is 16.5. The van der Waals surface area contributed by atoms with E-state index in [1.165, 1.54) is 5.56 Å². The fourth-order valence-electron chi connectivity index (χ4n) is 1.68. The molecule has 1 heterocycles. The van der Waals surface area contributed by atoms with Crippen LogP contribution in [0.1, 0.15) is 18.4 Å². The van der Waals surface area contributed by atoms with Crippen molar-refractivity contribution in [3.8, 4) is 11.1 Å². The van der Waals surface area contributed by atoms with E-state index in [0.29, 0.717) is 6.42 Å². The number of aryl methyl sites for hydroxylation is 1. The zero-order chi connectivity index (χ0) is 12.1. The molecule has 0 radical (unpaired) electrons. The van der Waals surface area contributed by atoms with Gasteiger partial charge in [0.1, 0.15) is 6.26 Å². The SMILES string of the molecule is NC(=O)CCCc1ccc(-c2cnoc2)cc1. The molecule has 0 fully saturated rings. The lowest BCUT2D eigenvalue weighted by Crippen LogP contribution is -2.10. The van der Waals surface area contributed by atoms with Crippen LogP contribution in [0, 0.1) is 0 Å². The van der Waals surface area contributed by atoms with E-state index in [1.54, 1.807) is 12.5 Å². The maximum atomic E-state index is 10.6. The first-order valence-electron chi connectivity index (χ1n) is 5.53. The van der Waals surface area contributed by atoms with Crippen LogP contribution < -0.4 is 5.73 Å². The highest BCUT2D eigenvalue weighted by Crippen LogP contribution is 2.19. The van der Waals surface area contributed by atoms with Crippen molar-refractivity contribution in [3.63, 3.8) is 0 Å². The zero-order valence-corrected chi connectivity index (χ0v) is 9.43. The van der Waals surface area contributed by atoms with Gasteiger partial charge in [-0.05, 0) is 24.0 Å². The highest BCUT2D eigenvalue weighted by molar-refractivity contribution is 5.73. The highest BCUT2D eigenvalue weighted by Gasteiger charge is 2.01.